The average molecular weight is 317 g/mol. The fraction of sp³-hybridized carbons (Fsp3) is 0.400. The molecular weight excluding hydrogens is 298 g/mol. The van der Waals surface area contributed by atoms with Gasteiger partial charge in [0.05, 0.1) is 18.4 Å². The Morgan fingerprint density at radius 1 is 1.41 bits per heavy atom. The van der Waals surface area contributed by atoms with Crippen LogP contribution in [0.3, 0.4) is 0 Å². The van der Waals surface area contributed by atoms with Crippen LogP contribution in [-0.2, 0) is 13.1 Å². The quantitative estimate of drug-likeness (QED) is 0.778. The molecule has 0 saturated heterocycles. The Kier molecular flexibility index (Phi) is 4.08. The van der Waals surface area contributed by atoms with E-state index < -0.39 is 0 Å². The molecule has 3 heterocycles. The molecule has 3 aromatic rings. The number of hydrogen-bond acceptors (Lipinski definition) is 5. The van der Waals surface area contributed by atoms with Crippen molar-refractivity contribution in [1.29, 1.82) is 0 Å². The Morgan fingerprint density at radius 2 is 2.23 bits per heavy atom. The predicted molar refractivity (Wildman–Crippen MR) is 87.3 cm³/mol. The highest BCUT2D eigenvalue weighted by Crippen LogP contribution is 2.11. The summed E-state index contributed by atoms with van der Waals surface area (Å²) in [6, 6.07) is 1.84. The minimum atomic E-state index is -0.0177. The number of hydrogen-bond donors (Lipinski definition) is 1. The van der Waals surface area contributed by atoms with Crippen molar-refractivity contribution in [2.45, 2.75) is 39.9 Å². The van der Waals surface area contributed by atoms with Gasteiger partial charge in [0.2, 0.25) is 0 Å². The Bertz CT molecular complexity index is 847. The zero-order chi connectivity index (χ0) is 15.7. The van der Waals surface area contributed by atoms with Gasteiger partial charge in [-0.05, 0) is 26.3 Å². The van der Waals surface area contributed by atoms with Crippen LogP contribution in [0.4, 0.5) is 0 Å². The van der Waals surface area contributed by atoms with Crippen LogP contribution in [0.15, 0.2) is 28.6 Å². The molecule has 0 bridgehead atoms. The predicted octanol–water partition coefficient (Wildman–Crippen LogP) is 1.75. The van der Waals surface area contributed by atoms with Crippen molar-refractivity contribution < 1.29 is 0 Å². The van der Waals surface area contributed by atoms with Crippen molar-refractivity contribution in [3.8, 4) is 0 Å². The Labute approximate surface area is 132 Å². The Morgan fingerprint density at radius 3 is 2.95 bits per heavy atom. The molecule has 116 valence electrons. The number of thiazole rings is 1. The number of aryl methyl sites for hydroxylation is 2. The topological polar surface area (TPSA) is 64.2 Å². The molecule has 6 nitrogen and oxygen atoms in total. The first-order valence-corrected chi connectivity index (χ1v) is 8.10. The molecule has 3 aromatic heterocycles. The number of aromatic nitrogens is 4. The molecule has 3 rings (SSSR count). The summed E-state index contributed by atoms with van der Waals surface area (Å²) in [6.45, 7) is 7.39. The largest absolute Gasteiger partial charge is 0.307 e. The molecule has 22 heavy (non-hydrogen) atoms. The third-order valence-corrected chi connectivity index (χ3v) is 4.43. The molecular formula is C15H19N5OS. The van der Waals surface area contributed by atoms with Crippen LogP contribution >= 0.6 is 11.3 Å². The van der Waals surface area contributed by atoms with Crippen LogP contribution in [0.5, 0.6) is 0 Å². The molecule has 0 unspecified atom stereocenters. The van der Waals surface area contributed by atoms with E-state index >= 15 is 0 Å². The number of fused-ring (bicyclic) bond motifs is 1. The first-order chi connectivity index (χ1) is 10.5. The SMILES string of the molecule is Cc1cnn(C[C@@H](C)NCc2cc(=O)n3c(C)csc3n2)c1. The second kappa shape index (κ2) is 6.02. The second-order valence-electron chi connectivity index (χ2n) is 5.60. The smallest absolute Gasteiger partial charge is 0.259 e. The molecule has 7 heteroatoms. The summed E-state index contributed by atoms with van der Waals surface area (Å²) in [4.78, 5) is 17.4. The van der Waals surface area contributed by atoms with Crippen molar-refractivity contribution >= 4 is 16.3 Å². The third-order valence-electron chi connectivity index (χ3n) is 3.48. The molecule has 0 aromatic carbocycles. The summed E-state index contributed by atoms with van der Waals surface area (Å²) in [5.41, 5.74) is 2.84. The van der Waals surface area contributed by atoms with E-state index in [1.54, 1.807) is 10.5 Å². The van der Waals surface area contributed by atoms with Gasteiger partial charge in [-0.25, -0.2) is 4.98 Å². The first kappa shape index (κ1) is 14.9. The van der Waals surface area contributed by atoms with Crippen LogP contribution in [0.25, 0.3) is 4.96 Å². The lowest BCUT2D eigenvalue weighted by Gasteiger charge is -2.13. The zero-order valence-corrected chi connectivity index (χ0v) is 13.7. The highest BCUT2D eigenvalue weighted by molar-refractivity contribution is 7.15. The van der Waals surface area contributed by atoms with E-state index in [0.717, 1.165) is 28.5 Å². The Balaban J connectivity index is 1.67. The van der Waals surface area contributed by atoms with E-state index in [2.05, 4.69) is 22.3 Å². The lowest BCUT2D eigenvalue weighted by Crippen LogP contribution is -2.31. The lowest BCUT2D eigenvalue weighted by molar-refractivity contribution is 0.448. The van der Waals surface area contributed by atoms with Crippen molar-refractivity contribution in [2.75, 3.05) is 0 Å². The molecule has 0 aliphatic heterocycles. The molecule has 1 atom stereocenters. The molecule has 0 aliphatic rings. The van der Waals surface area contributed by atoms with Gasteiger partial charge in [-0.2, -0.15) is 5.10 Å². The molecule has 0 amide bonds. The minimum Gasteiger partial charge on any atom is -0.307 e. The molecule has 0 fully saturated rings. The normalized spacial score (nSPS) is 12.9. The molecule has 0 saturated carbocycles. The summed E-state index contributed by atoms with van der Waals surface area (Å²) in [6.07, 6.45) is 3.87. The summed E-state index contributed by atoms with van der Waals surface area (Å²) in [5, 5.41) is 9.61. The van der Waals surface area contributed by atoms with Gasteiger partial charge in [0.25, 0.3) is 5.56 Å². The van der Waals surface area contributed by atoms with E-state index in [0.29, 0.717) is 6.54 Å². The fourth-order valence-electron chi connectivity index (χ4n) is 2.38. The van der Waals surface area contributed by atoms with E-state index in [1.165, 1.54) is 11.3 Å². The maximum atomic E-state index is 12.1. The standard InChI is InChI=1S/C15H19N5OS/c1-10-5-17-19(7-10)8-11(2)16-6-13-4-14(21)20-12(3)9-22-15(20)18-13/h4-5,7,9,11,16H,6,8H2,1-3H3/t11-/m1/s1. The highest BCUT2D eigenvalue weighted by atomic mass is 32.1. The van der Waals surface area contributed by atoms with E-state index in [-0.39, 0.29) is 11.6 Å². The summed E-state index contributed by atoms with van der Waals surface area (Å²) < 4.78 is 3.56. The molecule has 0 radical (unpaired) electrons. The average Bonchev–Trinajstić information content (AvgIpc) is 3.03. The highest BCUT2D eigenvalue weighted by Gasteiger charge is 2.08. The molecule has 1 N–H and O–H groups in total. The summed E-state index contributed by atoms with van der Waals surface area (Å²) >= 11 is 1.49. The van der Waals surface area contributed by atoms with Crippen molar-refractivity contribution in [1.82, 2.24) is 24.5 Å². The van der Waals surface area contributed by atoms with Gasteiger partial charge in [0, 0.05) is 35.9 Å². The number of nitrogens with zero attached hydrogens (tertiary/aromatic N) is 4. The Hall–Kier alpha value is -1.99. The van der Waals surface area contributed by atoms with Gasteiger partial charge in [0.15, 0.2) is 4.96 Å². The third kappa shape index (κ3) is 3.10. The summed E-state index contributed by atoms with van der Waals surface area (Å²) in [5.74, 6) is 0. The van der Waals surface area contributed by atoms with E-state index in [1.807, 2.05) is 36.3 Å². The van der Waals surface area contributed by atoms with E-state index in [4.69, 9.17) is 0 Å². The van der Waals surface area contributed by atoms with Crippen LogP contribution in [0.1, 0.15) is 23.9 Å². The van der Waals surface area contributed by atoms with Crippen LogP contribution in [-0.4, -0.2) is 25.2 Å². The van der Waals surface area contributed by atoms with Crippen LogP contribution < -0.4 is 10.9 Å². The van der Waals surface area contributed by atoms with Gasteiger partial charge < -0.3 is 5.32 Å². The van der Waals surface area contributed by atoms with E-state index in [9.17, 15) is 4.79 Å². The number of nitrogens with one attached hydrogen (secondary N) is 1. The van der Waals surface area contributed by atoms with Crippen molar-refractivity contribution in [3.05, 3.63) is 51.1 Å². The van der Waals surface area contributed by atoms with Crippen LogP contribution in [0.2, 0.25) is 0 Å². The maximum absolute atomic E-state index is 12.1. The zero-order valence-electron chi connectivity index (χ0n) is 12.9. The van der Waals surface area contributed by atoms with Gasteiger partial charge in [-0.3, -0.25) is 13.9 Å². The van der Waals surface area contributed by atoms with Gasteiger partial charge in [0.1, 0.15) is 0 Å². The minimum absolute atomic E-state index is 0.0177. The second-order valence-corrected chi connectivity index (χ2v) is 6.44. The fourth-order valence-corrected chi connectivity index (χ4v) is 3.27. The molecule has 0 aliphatic carbocycles. The lowest BCUT2D eigenvalue weighted by atomic mass is 10.3. The summed E-state index contributed by atoms with van der Waals surface area (Å²) in [7, 11) is 0. The molecule has 0 spiro atoms. The first-order valence-electron chi connectivity index (χ1n) is 7.22. The van der Waals surface area contributed by atoms with Crippen molar-refractivity contribution in [3.63, 3.8) is 0 Å². The van der Waals surface area contributed by atoms with Crippen molar-refractivity contribution in [2.24, 2.45) is 0 Å². The van der Waals surface area contributed by atoms with Crippen LogP contribution in [0, 0.1) is 13.8 Å². The maximum Gasteiger partial charge on any atom is 0.259 e. The van der Waals surface area contributed by atoms with Gasteiger partial charge in [-0.1, -0.05) is 0 Å². The van der Waals surface area contributed by atoms with Gasteiger partial charge >= 0.3 is 0 Å². The van der Waals surface area contributed by atoms with Gasteiger partial charge in [-0.15, -0.1) is 11.3 Å². The monoisotopic (exact) mass is 317 g/mol. The number of rotatable bonds is 5.